The Labute approximate surface area is 150 Å². The van der Waals surface area contributed by atoms with Crippen LogP contribution in [0.25, 0.3) is 0 Å². The summed E-state index contributed by atoms with van der Waals surface area (Å²) in [5.74, 6) is 1.47. The molecule has 6 heteroatoms. The van der Waals surface area contributed by atoms with Crippen molar-refractivity contribution < 1.29 is 19.4 Å². The number of amides is 1. The Balaban J connectivity index is 1.57. The number of carbonyl (C=O) groups excluding carboxylic acids is 1. The predicted octanol–water partition coefficient (Wildman–Crippen LogP) is 3.07. The van der Waals surface area contributed by atoms with Crippen LogP contribution < -0.4 is 14.8 Å². The summed E-state index contributed by atoms with van der Waals surface area (Å²) in [5, 5.41) is 14.8. The van der Waals surface area contributed by atoms with E-state index in [1.807, 2.05) is 30.5 Å². The molecule has 1 aliphatic carbocycles. The number of rotatable bonds is 4. The lowest BCUT2D eigenvalue weighted by atomic mass is 9.76. The van der Waals surface area contributed by atoms with Gasteiger partial charge in [0.15, 0.2) is 11.5 Å². The number of aliphatic hydroxyl groups is 1. The summed E-state index contributed by atoms with van der Waals surface area (Å²) in [7, 11) is 0. The summed E-state index contributed by atoms with van der Waals surface area (Å²) in [4.78, 5) is 14.0. The Morgan fingerprint density at radius 2 is 2.00 bits per heavy atom. The molecule has 2 aliphatic rings. The van der Waals surface area contributed by atoms with Gasteiger partial charge < -0.3 is 19.9 Å². The van der Waals surface area contributed by atoms with Crippen LogP contribution in [0.4, 0.5) is 0 Å². The number of aliphatic hydroxyl groups excluding tert-OH is 1. The molecular formula is C19H21NO4S. The average Bonchev–Trinajstić information content (AvgIpc) is 3.10. The fraction of sp³-hybridized carbons (Fsp3) is 0.421. The lowest BCUT2D eigenvalue weighted by Crippen LogP contribution is -2.41. The molecule has 0 radical (unpaired) electrons. The zero-order chi connectivity index (χ0) is 17.4. The predicted molar refractivity (Wildman–Crippen MR) is 95.4 cm³/mol. The van der Waals surface area contributed by atoms with E-state index in [1.54, 1.807) is 17.4 Å². The van der Waals surface area contributed by atoms with E-state index in [9.17, 15) is 9.90 Å². The quantitative estimate of drug-likeness (QED) is 0.880. The second-order valence-electron chi connectivity index (χ2n) is 6.66. The lowest BCUT2D eigenvalue weighted by molar-refractivity contribution is 0.0241. The third-order valence-electron chi connectivity index (χ3n) is 4.89. The van der Waals surface area contributed by atoms with E-state index in [-0.39, 0.29) is 24.0 Å². The fourth-order valence-electron chi connectivity index (χ4n) is 3.45. The van der Waals surface area contributed by atoms with Crippen molar-refractivity contribution in [3.8, 4) is 11.5 Å². The minimum absolute atomic E-state index is 0.0662. The highest BCUT2D eigenvalue weighted by molar-refractivity contribution is 7.10. The molecule has 5 nitrogen and oxygen atoms in total. The molecule has 1 amide bonds. The number of carbonyl (C=O) groups is 1. The Hall–Kier alpha value is -2.05. The van der Waals surface area contributed by atoms with E-state index in [2.05, 4.69) is 5.32 Å². The molecule has 0 saturated heterocycles. The highest BCUT2D eigenvalue weighted by atomic mass is 32.1. The second-order valence-corrected chi connectivity index (χ2v) is 7.64. The van der Waals surface area contributed by atoms with Gasteiger partial charge >= 0.3 is 0 Å². The van der Waals surface area contributed by atoms with Crippen LogP contribution in [0.3, 0.4) is 0 Å². The van der Waals surface area contributed by atoms with Gasteiger partial charge in [-0.15, -0.1) is 11.3 Å². The molecule has 0 bridgehead atoms. The molecule has 132 valence electrons. The monoisotopic (exact) mass is 359 g/mol. The van der Waals surface area contributed by atoms with Gasteiger partial charge in [0.1, 0.15) is 13.2 Å². The molecule has 1 aromatic carbocycles. The molecule has 2 N–H and O–H groups in total. The number of hydrogen-bond acceptors (Lipinski definition) is 5. The first kappa shape index (κ1) is 16.4. The first-order chi connectivity index (χ1) is 12.1. The molecule has 1 atom stereocenters. The van der Waals surface area contributed by atoms with Crippen LogP contribution >= 0.6 is 11.3 Å². The minimum Gasteiger partial charge on any atom is -0.486 e. The normalized spacial score (nSPS) is 22.8. The van der Waals surface area contributed by atoms with E-state index in [1.165, 1.54) is 0 Å². The van der Waals surface area contributed by atoms with Crippen LogP contribution in [-0.4, -0.2) is 30.3 Å². The van der Waals surface area contributed by atoms with Crippen LogP contribution in [-0.2, 0) is 0 Å². The maximum absolute atomic E-state index is 12.9. The first-order valence-electron chi connectivity index (χ1n) is 8.54. The van der Waals surface area contributed by atoms with Crippen LogP contribution in [0.5, 0.6) is 11.5 Å². The summed E-state index contributed by atoms with van der Waals surface area (Å²) >= 11 is 1.63. The van der Waals surface area contributed by atoms with Gasteiger partial charge in [-0.1, -0.05) is 6.07 Å². The van der Waals surface area contributed by atoms with E-state index in [0.717, 1.165) is 23.3 Å². The van der Waals surface area contributed by atoms with Crippen molar-refractivity contribution in [3.63, 3.8) is 0 Å². The third-order valence-corrected chi connectivity index (χ3v) is 5.85. The number of nitrogens with one attached hydrogen (secondary N) is 1. The highest BCUT2D eigenvalue weighted by Crippen LogP contribution is 2.40. The minimum atomic E-state index is -0.250. The SMILES string of the molecule is Cc1cc2c(cc1C(=O)NC(c1cccs1)C1CC(O)C1)OCCO2. The number of ether oxygens (including phenoxy) is 2. The summed E-state index contributed by atoms with van der Waals surface area (Å²) in [6.07, 6.45) is 1.20. The number of aryl methyl sites for hydroxylation is 1. The van der Waals surface area contributed by atoms with Crippen molar-refractivity contribution in [2.75, 3.05) is 13.2 Å². The summed E-state index contributed by atoms with van der Waals surface area (Å²) in [6, 6.07) is 7.58. The van der Waals surface area contributed by atoms with Gasteiger partial charge in [0.05, 0.1) is 12.1 Å². The molecule has 25 heavy (non-hydrogen) atoms. The van der Waals surface area contributed by atoms with Crippen LogP contribution in [0, 0.1) is 12.8 Å². The maximum atomic E-state index is 12.9. The Morgan fingerprint density at radius 3 is 2.64 bits per heavy atom. The van der Waals surface area contributed by atoms with Gasteiger partial charge in [0.25, 0.3) is 5.91 Å². The molecule has 1 fully saturated rings. The second kappa shape index (κ2) is 6.69. The molecule has 1 aliphatic heterocycles. The first-order valence-corrected chi connectivity index (χ1v) is 9.42. The Morgan fingerprint density at radius 1 is 1.28 bits per heavy atom. The van der Waals surface area contributed by atoms with E-state index in [4.69, 9.17) is 9.47 Å². The summed E-state index contributed by atoms with van der Waals surface area (Å²) in [5.41, 5.74) is 1.46. The zero-order valence-corrected chi connectivity index (χ0v) is 14.8. The van der Waals surface area contributed by atoms with Crippen molar-refractivity contribution in [2.24, 2.45) is 5.92 Å². The highest BCUT2D eigenvalue weighted by Gasteiger charge is 2.36. The van der Waals surface area contributed by atoms with Gasteiger partial charge in [-0.25, -0.2) is 0 Å². The standard InChI is InChI=1S/C19H21NO4S/c1-11-7-15-16(24-5-4-23-15)10-14(11)19(22)20-18(12-8-13(21)9-12)17-3-2-6-25-17/h2-3,6-7,10,12-13,18,21H,4-5,8-9H2,1H3,(H,20,22). The Kier molecular flexibility index (Phi) is 4.39. The van der Waals surface area contributed by atoms with Crippen molar-refractivity contribution in [1.29, 1.82) is 0 Å². The molecule has 2 heterocycles. The number of fused-ring (bicyclic) bond motifs is 1. The molecule has 1 unspecified atom stereocenters. The van der Waals surface area contributed by atoms with Crippen molar-refractivity contribution >= 4 is 17.2 Å². The van der Waals surface area contributed by atoms with Gasteiger partial charge in [0, 0.05) is 10.4 Å². The van der Waals surface area contributed by atoms with Gasteiger partial charge in [0.2, 0.25) is 0 Å². The number of thiophene rings is 1. The van der Waals surface area contributed by atoms with Crippen LogP contribution in [0.2, 0.25) is 0 Å². The topological polar surface area (TPSA) is 67.8 Å². The van der Waals surface area contributed by atoms with Gasteiger partial charge in [-0.05, 0) is 54.8 Å². The maximum Gasteiger partial charge on any atom is 0.252 e. The number of hydrogen-bond donors (Lipinski definition) is 2. The van der Waals surface area contributed by atoms with Crippen molar-refractivity contribution in [2.45, 2.75) is 31.9 Å². The lowest BCUT2D eigenvalue weighted by Gasteiger charge is -2.37. The van der Waals surface area contributed by atoms with Crippen molar-refractivity contribution in [3.05, 3.63) is 45.6 Å². The zero-order valence-electron chi connectivity index (χ0n) is 14.0. The summed E-state index contributed by atoms with van der Waals surface area (Å²) < 4.78 is 11.2. The molecule has 1 saturated carbocycles. The van der Waals surface area contributed by atoms with Gasteiger partial charge in [-0.2, -0.15) is 0 Å². The Bertz CT molecular complexity index is 768. The third kappa shape index (κ3) is 3.24. The summed E-state index contributed by atoms with van der Waals surface area (Å²) in [6.45, 7) is 2.93. The molecule has 0 spiro atoms. The average molecular weight is 359 g/mol. The van der Waals surface area contributed by atoms with E-state index >= 15 is 0 Å². The molecule has 2 aromatic rings. The van der Waals surface area contributed by atoms with Crippen LogP contribution in [0.15, 0.2) is 29.6 Å². The number of benzene rings is 1. The van der Waals surface area contributed by atoms with Gasteiger partial charge in [-0.3, -0.25) is 4.79 Å². The van der Waals surface area contributed by atoms with Crippen LogP contribution in [0.1, 0.15) is 39.7 Å². The van der Waals surface area contributed by atoms with E-state index < -0.39 is 0 Å². The molecular weight excluding hydrogens is 338 g/mol. The van der Waals surface area contributed by atoms with Crippen molar-refractivity contribution in [1.82, 2.24) is 5.32 Å². The largest absolute Gasteiger partial charge is 0.486 e. The smallest absolute Gasteiger partial charge is 0.252 e. The molecule has 1 aromatic heterocycles. The van der Waals surface area contributed by atoms with E-state index in [0.29, 0.717) is 30.3 Å². The fourth-order valence-corrected chi connectivity index (χ4v) is 4.32. The molecule has 4 rings (SSSR count).